The molecule has 0 spiro atoms. The molecule has 2 rings (SSSR count). The normalized spacial score (nSPS) is 26.6. The van der Waals surface area contributed by atoms with Crippen LogP contribution < -0.4 is 5.32 Å². The second-order valence-electron chi connectivity index (χ2n) is 5.22. The largest absolute Gasteiger partial charge is 0.376 e. The average molecular weight is 240 g/mol. The first-order chi connectivity index (χ1) is 8.22. The Kier molecular flexibility index (Phi) is 4.40. The zero-order valence-electron chi connectivity index (χ0n) is 10.9. The summed E-state index contributed by atoms with van der Waals surface area (Å²) in [6.07, 6.45) is 2.51. The van der Waals surface area contributed by atoms with E-state index in [0.29, 0.717) is 11.8 Å². The van der Waals surface area contributed by atoms with E-state index in [2.05, 4.69) is 19.2 Å². The van der Waals surface area contributed by atoms with E-state index < -0.39 is 0 Å². The minimum Gasteiger partial charge on any atom is -0.376 e. The molecule has 0 bridgehead atoms. The number of ether oxygens (including phenoxy) is 1. The first kappa shape index (κ1) is 12.8. The molecular weight excluding hydrogens is 216 g/mol. The molecule has 2 fully saturated rings. The molecule has 4 nitrogen and oxygen atoms in total. The van der Waals surface area contributed by atoms with Crippen LogP contribution in [0.4, 0.5) is 0 Å². The van der Waals surface area contributed by atoms with Gasteiger partial charge in [0, 0.05) is 25.6 Å². The molecule has 1 N–H and O–H groups in total. The van der Waals surface area contributed by atoms with Crippen LogP contribution in [0.2, 0.25) is 0 Å². The van der Waals surface area contributed by atoms with Gasteiger partial charge in [0.2, 0.25) is 5.91 Å². The number of carbonyl (C=O) groups excluding carboxylic acids is 1. The van der Waals surface area contributed by atoms with Crippen molar-refractivity contribution in [2.75, 3.05) is 32.8 Å². The zero-order chi connectivity index (χ0) is 12.3. The molecule has 2 aliphatic heterocycles. The Morgan fingerprint density at radius 2 is 2.29 bits per heavy atom. The van der Waals surface area contributed by atoms with Crippen LogP contribution in [0.3, 0.4) is 0 Å². The highest BCUT2D eigenvalue weighted by Gasteiger charge is 2.32. The van der Waals surface area contributed by atoms with E-state index >= 15 is 0 Å². The number of likely N-dealkylation sites (N-methyl/N-ethyl adjacent to an activating group) is 1. The first-order valence-electron chi connectivity index (χ1n) is 6.83. The zero-order valence-corrected chi connectivity index (χ0v) is 10.9. The third-order valence-corrected chi connectivity index (χ3v) is 4.05. The Morgan fingerprint density at radius 1 is 1.53 bits per heavy atom. The van der Waals surface area contributed by atoms with Crippen molar-refractivity contribution >= 4 is 5.91 Å². The second-order valence-corrected chi connectivity index (χ2v) is 5.22. The van der Waals surface area contributed by atoms with E-state index in [1.165, 1.54) is 0 Å². The molecule has 0 radical (unpaired) electrons. The fourth-order valence-corrected chi connectivity index (χ4v) is 2.56. The Balaban J connectivity index is 1.84. The van der Waals surface area contributed by atoms with Crippen LogP contribution in [-0.4, -0.2) is 49.7 Å². The summed E-state index contributed by atoms with van der Waals surface area (Å²) >= 11 is 0. The van der Waals surface area contributed by atoms with Crippen molar-refractivity contribution in [2.24, 2.45) is 11.8 Å². The Morgan fingerprint density at radius 3 is 2.76 bits per heavy atom. The lowest BCUT2D eigenvalue weighted by Crippen LogP contribution is -2.51. The van der Waals surface area contributed by atoms with Crippen LogP contribution in [-0.2, 0) is 9.53 Å². The third-order valence-electron chi connectivity index (χ3n) is 4.05. The van der Waals surface area contributed by atoms with Gasteiger partial charge in [-0.05, 0) is 38.8 Å². The molecule has 2 aliphatic rings. The predicted molar refractivity (Wildman–Crippen MR) is 66.8 cm³/mol. The Hall–Kier alpha value is -0.610. The quantitative estimate of drug-likeness (QED) is 0.775. The smallest absolute Gasteiger partial charge is 0.225 e. The molecule has 2 atom stereocenters. The molecular formula is C13H24N2O2. The van der Waals surface area contributed by atoms with E-state index in [4.69, 9.17) is 4.74 Å². The van der Waals surface area contributed by atoms with E-state index in [1.54, 1.807) is 0 Å². The van der Waals surface area contributed by atoms with Crippen molar-refractivity contribution in [2.45, 2.75) is 32.8 Å². The van der Waals surface area contributed by atoms with Gasteiger partial charge in [0.15, 0.2) is 0 Å². The summed E-state index contributed by atoms with van der Waals surface area (Å²) in [5.41, 5.74) is 0. The van der Waals surface area contributed by atoms with Gasteiger partial charge in [0.1, 0.15) is 0 Å². The highest BCUT2D eigenvalue weighted by atomic mass is 16.5. The lowest BCUT2D eigenvalue weighted by molar-refractivity contribution is -0.138. The molecule has 98 valence electrons. The highest BCUT2D eigenvalue weighted by Crippen LogP contribution is 2.20. The van der Waals surface area contributed by atoms with Gasteiger partial charge in [0.25, 0.3) is 0 Å². The van der Waals surface area contributed by atoms with Gasteiger partial charge in [-0.1, -0.05) is 6.92 Å². The van der Waals surface area contributed by atoms with Gasteiger partial charge in [0.05, 0.1) is 6.10 Å². The number of hydrogen-bond donors (Lipinski definition) is 1. The lowest BCUT2D eigenvalue weighted by atomic mass is 9.88. The van der Waals surface area contributed by atoms with Crippen molar-refractivity contribution < 1.29 is 9.53 Å². The molecule has 2 heterocycles. The Labute approximate surface area is 104 Å². The number of rotatable bonds is 5. The molecule has 0 saturated carbocycles. The summed E-state index contributed by atoms with van der Waals surface area (Å²) in [4.78, 5) is 14.3. The number of amides is 1. The monoisotopic (exact) mass is 240 g/mol. The second kappa shape index (κ2) is 5.83. The maximum absolute atomic E-state index is 12.3. The number of carbonyl (C=O) groups is 1. The molecule has 4 heteroatoms. The number of nitrogens with one attached hydrogen (secondary N) is 1. The molecule has 2 saturated heterocycles. The molecule has 2 unspecified atom stereocenters. The molecule has 17 heavy (non-hydrogen) atoms. The van der Waals surface area contributed by atoms with Gasteiger partial charge in [-0.2, -0.15) is 0 Å². The van der Waals surface area contributed by atoms with Gasteiger partial charge < -0.3 is 15.0 Å². The number of hydrogen-bond acceptors (Lipinski definition) is 3. The minimum atomic E-state index is 0.151. The molecule has 0 aromatic rings. The van der Waals surface area contributed by atoms with Crippen molar-refractivity contribution in [1.82, 2.24) is 10.2 Å². The lowest BCUT2D eigenvalue weighted by Gasteiger charge is -2.35. The summed E-state index contributed by atoms with van der Waals surface area (Å²) in [5, 5.41) is 3.23. The Bertz CT molecular complexity index is 260. The summed E-state index contributed by atoms with van der Waals surface area (Å²) in [6, 6.07) is 0. The van der Waals surface area contributed by atoms with Gasteiger partial charge in [-0.25, -0.2) is 0 Å². The fourth-order valence-electron chi connectivity index (χ4n) is 2.56. The van der Waals surface area contributed by atoms with Gasteiger partial charge in [-0.15, -0.1) is 0 Å². The van der Waals surface area contributed by atoms with Crippen molar-refractivity contribution in [3.63, 3.8) is 0 Å². The van der Waals surface area contributed by atoms with Gasteiger partial charge in [-0.3, -0.25) is 4.79 Å². The van der Waals surface area contributed by atoms with E-state index in [1.807, 2.05) is 4.90 Å². The molecule has 0 aliphatic carbocycles. The summed E-state index contributed by atoms with van der Waals surface area (Å²) in [7, 11) is 0. The predicted octanol–water partition coefficient (Wildman–Crippen LogP) is 0.869. The maximum atomic E-state index is 12.3. The highest BCUT2D eigenvalue weighted by molar-refractivity contribution is 5.79. The number of nitrogens with zero attached hydrogens (tertiary/aromatic N) is 1. The third kappa shape index (κ3) is 2.99. The van der Waals surface area contributed by atoms with Crippen LogP contribution in [0.1, 0.15) is 26.7 Å². The van der Waals surface area contributed by atoms with Crippen molar-refractivity contribution in [3.05, 3.63) is 0 Å². The van der Waals surface area contributed by atoms with E-state index in [0.717, 1.165) is 45.6 Å². The van der Waals surface area contributed by atoms with Crippen molar-refractivity contribution in [1.29, 1.82) is 0 Å². The minimum absolute atomic E-state index is 0.151. The first-order valence-corrected chi connectivity index (χ1v) is 6.83. The molecule has 0 aromatic heterocycles. The average Bonchev–Trinajstić information content (AvgIpc) is 2.75. The molecule has 0 aromatic carbocycles. The summed E-state index contributed by atoms with van der Waals surface area (Å²) in [6.45, 7) is 8.53. The summed E-state index contributed by atoms with van der Waals surface area (Å²) < 4.78 is 5.61. The topological polar surface area (TPSA) is 41.6 Å². The van der Waals surface area contributed by atoms with Crippen LogP contribution in [0.25, 0.3) is 0 Å². The van der Waals surface area contributed by atoms with E-state index in [9.17, 15) is 4.79 Å². The van der Waals surface area contributed by atoms with Crippen molar-refractivity contribution in [3.8, 4) is 0 Å². The standard InChI is InChI=1S/C13H24N2O2/c1-3-15(9-12-5-4-6-17-12)13(16)10(2)11-7-14-8-11/h10-12,14H,3-9H2,1-2H3. The van der Waals surface area contributed by atoms with Crippen LogP contribution in [0, 0.1) is 11.8 Å². The summed E-state index contributed by atoms with van der Waals surface area (Å²) in [5.74, 6) is 0.980. The van der Waals surface area contributed by atoms with E-state index in [-0.39, 0.29) is 12.0 Å². The molecule has 1 amide bonds. The van der Waals surface area contributed by atoms with Gasteiger partial charge >= 0.3 is 0 Å². The maximum Gasteiger partial charge on any atom is 0.225 e. The van der Waals surface area contributed by atoms with Crippen LogP contribution in [0.5, 0.6) is 0 Å². The van der Waals surface area contributed by atoms with Crippen LogP contribution in [0.15, 0.2) is 0 Å². The fraction of sp³-hybridized carbons (Fsp3) is 0.923. The van der Waals surface area contributed by atoms with Crippen LogP contribution >= 0.6 is 0 Å². The SMILES string of the molecule is CCN(CC1CCCO1)C(=O)C(C)C1CNC1.